The average molecular weight is 299 g/mol. The molecule has 0 heterocycles. The minimum atomic E-state index is -3.17. The van der Waals surface area contributed by atoms with Gasteiger partial charge in [0.2, 0.25) is 10.0 Å². The fraction of sp³-hybridized carbons (Fsp3) is 0.462. The van der Waals surface area contributed by atoms with Gasteiger partial charge in [-0.25, -0.2) is 13.1 Å². The maximum Gasteiger partial charge on any atom is 0.253 e. The van der Waals surface area contributed by atoms with Gasteiger partial charge in [-0.15, -0.1) is 0 Å². The van der Waals surface area contributed by atoms with Crippen LogP contribution in [0, 0.1) is 6.92 Å². The molecule has 0 unspecified atom stereocenters. The van der Waals surface area contributed by atoms with Gasteiger partial charge in [-0.1, -0.05) is 6.07 Å². The second-order valence-electron chi connectivity index (χ2n) is 4.57. The molecule has 0 fully saturated rings. The number of hydrogen-bond donors (Lipinski definition) is 3. The molecular weight excluding hydrogens is 278 g/mol. The number of sulfonamides is 1. The van der Waals surface area contributed by atoms with Crippen molar-refractivity contribution in [2.75, 3.05) is 31.7 Å². The molecule has 0 saturated heterocycles. The lowest BCUT2D eigenvalue weighted by atomic mass is 10.1. The molecule has 0 aromatic heterocycles. The van der Waals surface area contributed by atoms with Crippen molar-refractivity contribution in [1.29, 1.82) is 0 Å². The van der Waals surface area contributed by atoms with Crippen molar-refractivity contribution in [2.45, 2.75) is 13.3 Å². The highest BCUT2D eigenvalue weighted by molar-refractivity contribution is 7.88. The summed E-state index contributed by atoms with van der Waals surface area (Å²) in [5, 5.41) is 5.75. The van der Waals surface area contributed by atoms with Crippen molar-refractivity contribution in [3.05, 3.63) is 29.3 Å². The van der Waals surface area contributed by atoms with E-state index in [0.29, 0.717) is 25.1 Å². The number of anilines is 1. The molecule has 0 spiro atoms. The Morgan fingerprint density at radius 1 is 1.25 bits per heavy atom. The molecule has 1 aromatic rings. The highest BCUT2D eigenvalue weighted by atomic mass is 32.2. The summed E-state index contributed by atoms with van der Waals surface area (Å²) in [7, 11) is -1.40. The maximum absolute atomic E-state index is 12.0. The van der Waals surface area contributed by atoms with Crippen LogP contribution in [0.3, 0.4) is 0 Å². The zero-order valence-corrected chi connectivity index (χ0v) is 12.8. The summed E-state index contributed by atoms with van der Waals surface area (Å²) < 4.78 is 24.1. The first-order valence-electron chi connectivity index (χ1n) is 6.34. The summed E-state index contributed by atoms with van der Waals surface area (Å²) in [4.78, 5) is 12.0. The van der Waals surface area contributed by atoms with E-state index in [-0.39, 0.29) is 5.91 Å². The van der Waals surface area contributed by atoms with Crippen LogP contribution in [0.2, 0.25) is 0 Å². The molecule has 1 rings (SSSR count). The van der Waals surface area contributed by atoms with Gasteiger partial charge in [0.1, 0.15) is 0 Å². The highest BCUT2D eigenvalue weighted by Gasteiger charge is 2.10. The zero-order valence-electron chi connectivity index (χ0n) is 12.0. The molecule has 1 amide bonds. The molecule has 0 aliphatic rings. The van der Waals surface area contributed by atoms with Gasteiger partial charge in [0.25, 0.3) is 5.91 Å². The fourth-order valence-corrected chi connectivity index (χ4v) is 2.22. The van der Waals surface area contributed by atoms with E-state index in [9.17, 15) is 13.2 Å². The van der Waals surface area contributed by atoms with Crippen LogP contribution >= 0.6 is 0 Å². The third kappa shape index (κ3) is 5.58. The molecule has 7 heteroatoms. The van der Waals surface area contributed by atoms with Crippen molar-refractivity contribution in [2.24, 2.45) is 0 Å². The topological polar surface area (TPSA) is 87.3 Å². The lowest BCUT2D eigenvalue weighted by Gasteiger charge is -2.10. The van der Waals surface area contributed by atoms with Crippen molar-refractivity contribution in [3.63, 3.8) is 0 Å². The van der Waals surface area contributed by atoms with E-state index in [1.54, 1.807) is 13.1 Å². The number of carbonyl (C=O) groups excluding carboxylic acids is 1. The van der Waals surface area contributed by atoms with Crippen molar-refractivity contribution >= 4 is 21.6 Å². The molecule has 3 N–H and O–H groups in total. The minimum absolute atomic E-state index is 0.172. The molecule has 0 bridgehead atoms. The summed E-state index contributed by atoms with van der Waals surface area (Å²) in [5.74, 6) is -0.172. The zero-order chi connectivity index (χ0) is 15.2. The maximum atomic E-state index is 12.0. The van der Waals surface area contributed by atoms with Gasteiger partial charge in [-0.05, 0) is 31.0 Å². The van der Waals surface area contributed by atoms with Crippen LogP contribution in [-0.2, 0) is 10.0 Å². The molecule has 0 aliphatic heterocycles. The first kappa shape index (κ1) is 16.5. The molecule has 20 heavy (non-hydrogen) atoms. The molecule has 112 valence electrons. The molecule has 0 aliphatic carbocycles. The summed E-state index contributed by atoms with van der Waals surface area (Å²) in [5.41, 5.74) is 2.43. The number of rotatable bonds is 7. The van der Waals surface area contributed by atoms with Crippen LogP contribution < -0.4 is 15.4 Å². The van der Waals surface area contributed by atoms with Crippen LogP contribution in [-0.4, -0.2) is 40.7 Å². The van der Waals surface area contributed by atoms with E-state index in [1.807, 2.05) is 19.1 Å². The Labute approximate surface area is 120 Å². The normalized spacial score (nSPS) is 11.2. The number of carbonyl (C=O) groups is 1. The summed E-state index contributed by atoms with van der Waals surface area (Å²) in [6.07, 6.45) is 1.65. The lowest BCUT2D eigenvalue weighted by Crippen LogP contribution is -2.29. The van der Waals surface area contributed by atoms with Crippen LogP contribution in [0.25, 0.3) is 0 Å². The van der Waals surface area contributed by atoms with Crippen molar-refractivity contribution in [3.8, 4) is 0 Å². The van der Waals surface area contributed by atoms with Crippen LogP contribution in [0.5, 0.6) is 0 Å². The second kappa shape index (κ2) is 7.25. The standard InChI is InChI=1S/C13H21N3O3S/c1-10-5-6-11(12(9-10)14-2)13(17)15-7-4-8-16-20(3,18)19/h5-6,9,14,16H,4,7-8H2,1-3H3,(H,15,17). The van der Waals surface area contributed by atoms with Crippen molar-refractivity contribution in [1.82, 2.24) is 10.0 Å². The van der Waals surface area contributed by atoms with E-state index in [0.717, 1.165) is 17.5 Å². The quantitative estimate of drug-likeness (QED) is 0.647. The first-order chi connectivity index (χ1) is 9.33. The Hall–Kier alpha value is -1.60. The average Bonchev–Trinajstić information content (AvgIpc) is 2.36. The molecule has 0 saturated carbocycles. The van der Waals surface area contributed by atoms with Gasteiger partial charge < -0.3 is 10.6 Å². The fourth-order valence-electron chi connectivity index (χ4n) is 1.71. The Kier molecular flexibility index (Phi) is 5.97. The van der Waals surface area contributed by atoms with E-state index in [4.69, 9.17) is 0 Å². The predicted molar refractivity (Wildman–Crippen MR) is 80.5 cm³/mol. The van der Waals surface area contributed by atoms with E-state index in [2.05, 4.69) is 15.4 Å². The number of aryl methyl sites for hydroxylation is 1. The van der Waals surface area contributed by atoms with Crippen molar-refractivity contribution < 1.29 is 13.2 Å². The van der Waals surface area contributed by atoms with Crippen LogP contribution in [0.4, 0.5) is 5.69 Å². The SMILES string of the molecule is CNc1cc(C)ccc1C(=O)NCCCNS(C)(=O)=O. The third-order valence-electron chi connectivity index (χ3n) is 2.69. The molecule has 0 radical (unpaired) electrons. The van der Waals surface area contributed by atoms with Crippen LogP contribution in [0.15, 0.2) is 18.2 Å². The Morgan fingerprint density at radius 3 is 2.55 bits per heavy atom. The summed E-state index contributed by atoms with van der Waals surface area (Å²) in [6.45, 7) is 2.68. The van der Waals surface area contributed by atoms with E-state index < -0.39 is 10.0 Å². The van der Waals surface area contributed by atoms with Crippen LogP contribution in [0.1, 0.15) is 22.3 Å². The van der Waals surface area contributed by atoms with Gasteiger partial charge >= 0.3 is 0 Å². The lowest BCUT2D eigenvalue weighted by molar-refractivity contribution is 0.0954. The molecule has 0 atom stereocenters. The minimum Gasteiger partial charge on any atom is -0.387 e. The Bertz CT molecular complexity index is 570. The molecule has 1 aromatic carbocycles. The van der Waals surface area contributed by atoms with Gasteiger partial charge in [0.05, 0.1) is 11.8 Å². The summed E-state index contributed by atoms with van der Waals surface area (Å²) in [6, 6.07) is 5.55. The van der Waals surface area contributed by atoms with Gasteiger partial charge in [-0.2, -0.15) is 0 Å². The number of benzene rings is 1. The third-order valence-corrected chi connectivity index (χ3v) is 3.42. The smallest absolute Gasteiger partial charge is 0.253 e. The Morgan fingerprint density at radius 2 is 1.95 bits per heavy atom. The number of amides is 1. The molecular formula is C13H21N3O3S. The second-order valence-corrected chi connectivity index (χ2v) is 6.41. The molecule has 6 nitrogen and oxygen atoms in total. The van der Waals surface area contributed by atoms with Gasteiger partial charge in [0, 0.05) is 25.8 Å². The number of hydrogen-bond acceptors (Lipinski definition) is 4. The van der Waals surface area contributed by atoms with E-state index >= 15 is 0 Å². The largest absolute Gasteiger partial charge is 0.387 e. The highest BCUT2D eigenvalue weighted by Crippen LogP contribution is 2.16. The van der Waals surface area contributed by atoms with E-state index in [1.165, 1.54) is 0 Å². The summed E-state index contributed by atoms with van der Waals surface area (Å²) >= 11 is 0. The monoisotopic (exact) mass is 299 g/mol. The Balaban J connectivity index is 2.47. The number of nitrogens with one attached hydrogen (secondary N) is 3. The predicted octanol–water partition coefficient (Wildman–Crippen LogP) is 0.706. The first-order valence-corrected chi connectivity index (χ1v) is 8.24. The van der Waals surface area contributed by atoms with Gasteiger partial charge in [-0.3, -0.25) is 4.79 Å². The van der Waals surface area contributed by atoms with Gasteiger partial charge in [0.15, 0.2) is 0 Å².